The van der Waals surface area contributed by atoms with Crippen LogP contribution in [0.15, 0.2) is 36.4 Å². The maximum atomic E-state index is 12.4. The summed E-state index contributed by atoms with van der Waals surface area (Å²) < 4.78 is 0. The van der Waals surface area contributed by atoms with Gasteiger partial charge in [-0.15, -0.1) is 12.4 Å². The molecule has 0 radical (unpaired) electrons. The lowest BCUT2D eigenvalue weighted by molar-refractivity contribution is -0.115. The molecule has 128 valence electrons. The van der Waals surface area contributed by atoms with Crippen molar-refractivity contribution in [2.75, 3.05) is 35.2 Å². The van der Waals surface area contributed by atoms with Crippen LogP contribution in [0.2, 0.25) is 5.02 Å². The minimum absolute atomic E-state index is 0. The Balaban J connectivity index is 0.00000208. The fourth-order valence-corrected chi connectivity index (χ4v) is 3.30. The van der Waals surface area contributed by atoms with Crippen LogP contribution < -0.4 is 15.5 Å². The Morgan fingerprint density at radius 1 is 1.29 bits per heavy atom. The van der Waals surface area contributed by atoms with Crippen molar-refractivity contribution in [1.29, 1.82) is 0 Å². The van der Waals surface area contributed by atoms with E-state index in [1.54, 1.807) is 0 Å². The van der Waals surface area contributed by atoms with E-state index in [2.05, 4.69) is 15.5 Å². The minimum atomic E-state index is -0.0597. The van der Waals surface area contributed by atoms with Crippen molar-refractivity contribution in [3.8, 4) is 0 Å². The fraction of sp³-hybridized carbons (Fsp3) is 0.278. The van der Waals surface area contributed by atoms with Crippen molar-refractivity contribution in [3.05, 3.63) is 52.5 Å². The molecule has 0 bridgehead atoms. The van der Waals surface area contributed by atoms with Gasteiger partial charge in [-0.25, -0.2) is 0 Å². The zero-order valence-electron chi connectivity index (χ0n) is 13.7. The molecule has 0 saturated carbocycles. The molecule has 0 aliphatic carbocycles. The number of nitrogens with one attached hydrogen (secondary N) is 2. The van der Waals surface area contributed by atoms with Crippen molar-refractivity contribution in [2.45, 2.75) is 13.8 Å². The number of anilines is 3. The molecule has 24 heavy (non-hydrogen) atoms. The summed E-state index contributed by atoms with van der Waals surface area (Å²) in [5, 5.41) is 6.88. The Labute approximate surface area is 153 Å². The highest BCUT2D eigenvalue weighted by atomic mass is 35.5. The average Bonchev–Trinajstić information content (AvgIpc) is 2.51. The molecular weight excluding hydrogens is 345 g/mol. The van der Waals surface area contributed by atoms with E-state index < -0.39 is 0 Å². The quantitative estimate of drug-likeness (QED) is 0.854. The molecule has 1 aliphatic heterocycles. The fourth-order valence-electron chi connectivity index (χ4n) is 2.94. The average molecular weight is 366 g/mol. The monoisotopic (exact) mass is 365 g/mol. The van der Waals surface area contributed by atoms with E-state index in [0.29, 0.717) is 17.3 Å². The first-order valence-corrected chi connectivity index (χ1v) is 8.07. The number of hydrogen-bond acceptors (Lipinski definition) is 3. The van der Waals surface area contributed by atoms with Crippen molar-refractivity contribution in [3.63, 3.8) is 0 Å². The first-order valence-electron chi connectivity index (χ1n) is 7.69. The lowest BCUT2D eigenvalue weighted by Crippen LogP contribution is -2.39. The molecule has 0 aromatic heterocycles. The van der Waals surface area contributed by atoms with E-state index in [9.17, 15) is 4.79 Å². The van der Waals surface area contributed by atoms with Crippen molar-refractivity contribution >= 4 is 47.0 Å². The summed E-state index contributed by atoms with van der Waals surface area (Å²) in [4.78, 5) is 14.5. The zero-order valence-corrected chi connectivity index (χ0v) is 15.3. The van der Waals surface area contributed by atoms with Crippen LogP contribution in [-0.4, -0.2) is 25.5 Å². The molecule has 2 aromatic carbocycles. The first kappa shape index (κ1) is 18.4. The van der Waals surface area contributed by atoms with Gasteiger partial charge in [-0.2, -0.15) is 0 Å². The summed E-state index contributed by atoms with van der Waals surface area (Å²) in [5.74, 6) is -0.0597. The number of rotatable bonds is 3. The van der Waals surface area contributed by atoms with Gasteiger partial charge in [0.15, 0.2) is 0 Å². The number of fused-ring (bicyclic) bond motifs is 1. The highest BCUT2D eigenvalue weighted by Gasteiger charge is 2.19. The Kier molecular flexibility index (Phi) is 5.97. The maximum absolute atomic E-state index is 12.4. The van der Waals surface area contributed by atoms with E-state index in [4.69, 9.17) is 11.6 Å². The Bertz CT molecular complexity index is 726. The van der Waals surface area contributed by atoms with Crippen molar-refractivity contribution < 1.29 is 4.79 Å². The molecule has 0 unspecified atom stereocenters. The summed E-state index contributed by atoms with van der Waals surface area (Å²) in [5.41, 5.74) is 4.88. The van der Waals surface area contributed by atoms with Gasteiger partial charge in [0.1, 0.15) is 0 Å². The summed E-state index contributed by atoms with van der Waals surface area (Å²) in [6, 6.07) is 11.9. The van der Waals surface area contributed by atoms with Gasteiger partial charge in [0, 0.05) is 13.1 Å². The van der Waals surface area contributed by atoms with Gasteiger partial charge in [-0.1, -0.05) is 29.8 Å². The Morgan fingerprint density at radius 2 is 2.04 bits per heavy atom. The number of carbonyl (C=O) groups excluding carboxylic acids is 1. The van der Waals surface area contributed by atoms with Crippen LogP contribution in [0.4, 0.5) is 17.1 Å². The van der Waals surface area contributed by atoms with E-state index in [-0.39, 0.29) is 18.3 Å². The minimum Gasteiger partial charge on any atom is -0.382 e. The predicted octanol–water partition coefficient (Wildman–Crippen LogP) is 4.25. The largest absolute Gasteiger partial charge is 0.382 e. The van der Waals surface area contributed by atoms with Crippen molar-refractivity contribution in [1.82, 2.24) is 0 Å². The molecule has 3 rings (SSSR count). The Hall–Kier alpha value is -1.91. The topological polar surface area (TPSA) is 44.4 Å². The molecular formula is C18H21Cl2N3O. The lowest BCUT2D eigenvalue weighted by atomic mass is 10.1. The normalized spacial score (nSPS) is 12.7. The van der Waals surface area contributed by atoms with Crippen molar-refractivity contribution in [2.24, 2.45) is 0 Å². The number of amides is 1. The number of carbonyl (C=O) groups is 1. The summed E-state index contributed by atoms with van der Waals surface area (Å²) >= 11 is 6.26. The number of para-hydroxylation sites is 2. The molecule has 1 aliphatic rings. The molecule has 1 heterocycles. The van der Waals surface area contributed by atoms with Gasteiger partial charge in [-0.3, -0.25) is 4.79 Å². The number of hydrogen-bond donors (Lipinski definition) is 2. The molecule has 0 spiro atoms. The molecule has 6 heteroatoms. The summed E-state index contributed by atoms with van der Waals surface area (Å²) in [7, 11) is 0. The maximum Gasteiger partial charge on any atom is 0.243 e. The van der Waals surface area contributed by atoms with Gasteiger partial charge >= 0.3 is 0 Å². The van der Waals surface area contributed by atoms with Crippen LogP contribution in [0.5, 0.6) is 0 Å². The van der Waals surface area contributed by atoms with Gasteiger partial charge in [0.05, 0.1) is 28.6 Å². The van der Waals surface area contributed by atoms with Crippen LogP contribution in [0, 0.1) is 13.8 Å². The highest BCUT2D eigenvalue weighted by molar-refractivity contribution is 6.34. The second-order valence-electron chi connectivity index (χ2n) is 5.85. The molecule has 1 amide bonds. The molecule has 0 atom stereocenters. The second-order valence-corrected chi connectivity index (χ2v) is 6.26. The van der Waals surface area contributed by atoms with Gasteiger partial charge < -0.3 is 15.5 Å². The zero-order chi connectivity index (χ0) is 16.4. The van der Waals surface area contributed by atoms with Crippen LogP contribution in [0.25, 0.3) is 0 Å². The Morgan fingerprint density at radius 3 is 2.79 bits per heavy atom. The number of aryl methyl sites for hydroxylation is 2. The molecule has 2 aromatic rings. The van der Waals surface area contributed by atoms with Gasteiger partial charge in [-0.05, 0) is 43.2 Å². The van der Waals surface area contributed by atoms with Crippen LogP contribution in [0.3, 0.4) is 0 Å². The molecule has 2 N–H and O–H groups in total. The highest BCUT2D eigenvalue weighted by Crippen LogP contribution is 2.29. The third-order valence-electron chi connectivity index (χ3n) is 3.97. The summed E-state index contributed by atoms with van der Waals surface area (Å²) in [6.07, 6.45) is 0. The molecule has 0 fully saturated rings. The standard InChI is InChI=1S/C18H20ClN3O.ClH/c1-12-9-13(2)18(14(19)10-12)21-17(23)11-22-8-7-20-15-5-3-4-6-16(15)22;/h3-6,9-10,20H,7-8,11H2,1-2H3,(H,21,23);1H. The lowest BCUT2D eigenvalue weighted by Gasteiger charge is -2.31. The van der Waals surface area contributed by atoms with E-state index in [0.717, 1.165) is 35.6 Å². The molecule has 4 nitrogen and oxygen atoms in total. The smallest absolute Gasteiger partial charge is 0.243 e. The number of halogens is 2. The number of benzene rings is 2. The third kappa shape index (κ3) is 3.94. The van der Waals surface area contributed by atoms with E-state index in [1.807, 2.05) is 50.2 Å². The van der Waals surface area contributed by atoms with Crippen LogP contribution >= 0.6 is 24.0 Å². The second kappa shape index (κ2) is 7.77. The van der Waals surface area contributed by atoms with E-state index >= 15 is 0 Å². The first-order chi connectivity index (χ1) is 11.0. The van der Waals surface area contributed by atoms with Crippen LogP contribution in [0.1, 0.15) is 11.1 Å². The summed E-state index contributed by atoms with van der Waals surface area (Å²) in [6.45, 7) is 5.87. The third-order valence-corrected chi connectivity index (χ3v) is 4.27. The number of nitrogens with zero attached hydrogens (tertiary/aromatic N) is 1. The predicted molar refractivity (Wildman–Crippen MR) is 104 cm³/mol. The van der Waals surface area contributed by atoms with Gasteiger partial charge in [0.25, 0.3) is 0 Å². The van der Waals surface area contributed by atoms with Crippen LogP contribution in [-0.2, 0) is 4.79 Å². The van der Waals surface area contributed by atoms with Gasteiger partial charge in [0.2, 0.25) is 5.91 Å². The SMILES string of the molecule is Cc1cc(C)c(NC(=O)CN2CCNc3ccccc32)c(Cl)c1.Cl. The molecule has 0 saturated heterocycles. The van der Waals surface area contributed by atoms with E-state index in [1.165, 1.54) is 0 Å².